The lowest BCUT2D eigenvalue weighted by atomic mass is 9.84. The molecular weight excluding hydrogens is 236 g/mol. The minimum Gasteiger partial charge on any atom is -0.342 e. The fraction of sp³-hybridized carbons (Fsp3) is 0.938. The molecule has 0 aromatic heterocycles. The van der Waals surface area contributed by atoms with Gasteiger partial charge in [-0.2, -0.15) is 0 Å². The van der Waals surface area contributed by atoms with Crippen LogP contribution >= 0.6 is 0 Å². The van der Waals surface area contributed by atoms with Crippen molar-refractivity contribution in [1.82, 2.24) is 10.2 Å². The Morgan fingerprint density at radius 3 is 2.21 bits per heavy atom. The highest BCUT2D eigenvalue weighted by Crippen LogP contribution is 2.28. The second kappa shape index (κ2) is 7.28. The van der Waals surface area contributed by atoms with Crippen molar-refractivity contribution in [2.24, 2.45) is 11.8 Å². The molecule has 0 atom stereocenters. The molecule has 3 heteroatoms. The lowest BCUT2D eigenvalue weighted by Crippen LogP contribution is -2.44. The van der Waals surface area contributed by atoms with E-state index in [9.17, 15) is 4.79 Å². The monoisotopic (exact) mass is 266 g/mol. The summed E-state index contributed by atoms with van der Waals surface area (Å²) in [6, 6.07) is 0.653. The van der Waals surface area contributed by atoms with Gasteiger partial charge in [-0.1, -0.05) is 20.3 Å². The maximum Gasteiger partial charge on any atom is 0.225 e. The number of hydrogen-bond acceptors (Lipinski definition) is 2. The number of amides is 1. The fourth-order valence-electron chi connectivity index (χ4n) is 3.65. The molecule has 1 N–H and O–H groups in total. The zero-order valence-corrected chi connectivity index (χ0v) is 12.7. The van der Waals surface area contributed by atoms with E-state index in [1.165, 1.54) is 32.1 Å². The van der Waals surface area contributed by atoms with Crippen molar-refractivity contribution in [3.63, 3.8) is 0 Å². The van der Waals surface area contributed by atoms with Crippen molar-refractivity contribution in [2.75, 3.05) is 19.6 Å². The van der Waals surface area contributed by atoms with Crippen LogP contribution in [-0.4, -0.2) is 36.5 Å². The summed E-state index contributed by atoms with van der Waals surface area (Å²) in [4.78, 5) is 14.7. The molecule has 0 radical (unpaired) electrons. The minimum atomic E-state index is 0.313. The summed E-state index contributed by atoms with van der Waals surface area (Å²) in [5, 5.41) is 3.51. The molecule has 0 aromatic rings. The smallest absolute Gasteiger partial charge is 0.225 e. The van der Waals surface area contributed by atoms with Gasteiger partial charge in [0.15, 0.2) is 0 Å². The predicted molar refractivity (Wildman–Crippen MR) is 79.0 cm³/mol. The third-order valence-electron chi connectivity index (χ3n) is 5.07. The molecular formula is C16H30N2O. The lowest BCUT2D eigenvalue weighted by molar-refractivity contribution is -0.138. The SMILES string of the molecule is CCNC1CCC(C(=O)N2CCC(CC)CC2)CC1. The Hall–Kier alpha value is -0.570. The third-order valence-corrected chi connectivity index (χ3v) is 5.07. The predicted octanol–water partition coefficient (Wildman–Crippen LogP) is 2.80. The van der Waals surface area contributed by atoms with Crippen molar-refractivity contribution in [2.45, 2.75) is 64.8 Å². The molecule has 0 aromatic carbocycles. The van der Waals surface area contributed by atoms with Crippen LogP contribution in [0.15, 0.2) is 0 Å². The van der Waals surface area contributed by atoms with Crippen molar-refractivity contribution in [1.29, 1.82) is 0 Å². The van der Waals surface area contributed by atoms with Gasteiger partial charge in [-0.05, 0) is 51.0 Å². The van der Waals surface area contributed by atoms with Crippen LogP contribution in [0.25, 0.3) is 0 Å². The Labute approximate surface area is 118 Å². The second-order valence-electron chi connectivity index (χ2n) is 6.28. The second-order valence-corrected chi connectivity index (χ2v) is 6.28. The molecule has 0 unspecified atom stereocenters. The van der Waals surface area contributed by atoms with Crippen LogP contribution in [-0.2, 0) is 4.79 Å². The highest BCUT2D eigenvalue weighted by molar-refractivity contribution is 5.79. The molecule has 110 valence electrons. The third kappa shape index (κ3) is 3.95. The van der Waals surface area contributed by atoms with Crippen molar-refractivity contribution in [3.8, 4) is 0 Å². The van der Waals surface area contributed by atoms with Gasteiger partial charge >= 0.3 is 0 Å². The van der Waals surface area contributed by atoms with Gasteiger partial charge in [0.2, 0.25) is 5.91 Å². The van der Waals surface area contributed by atoms with Crippen LogP contribution in [0.2, 0.25) is 0 Å². The topological polar surface area (TPSA) is 32.3 Å². The van der Waals surface area contributed by atoms with Crippen LogP contribution < -0.4 is 5.32 Å². The van der Waals surface area contributed by atoms with Crippen LogP contribution in [0, 0.1) is 11.8 Å². The number of likely N-dealkylation sites (tertiary alicyclic amines) is 1. The molecule has 2 fully saturated rings. The number of hydrogen-bond donors (Lipinski definition) is 1. The molecule has 2 rings (SSSR count). The Bertz CT molecular complexity index is 276. The number of nitrogens with one attached hydrogen (secondary N) is 1. The molecule has 3 nitrogen and oxygen atoms in total. The number of piperidine rings is 1. The Morgan fingerprint density at radius 2 is 1.68 bits per heavy atom. The van der Waals surface area contributed by atoms with Gasteiger partial charge in [-0.15, -0.1) is 0 Å². The number of nitrogens with zero attached hydrogens (tertiary/aromatic N) is 1. The summed E-state index contributed by atoms with van der Waals surface area (Å²) < 4.78 is 0. The van der Waals surface area contributed by atoms with Crippen LogP contribution in [0.5, 0.6) is 0 Å². The summed E-state index contributed by atoms with van der Waals surface area (Å²) in [6.45, 7) is 7.49. The summed E-state index contributed by atoms with van der Waals surface area (Å²) in [5.74, 6) is 1.62. The lowest BCUT2D eigenvalue weighted by Gasteiger charge is -2.36. The zero-order valence-electron chi connectivity index (χ0n) is 12.7. The molecule has 0 spiro atoms. The average molecular weight is 266 g/mol. The fourth-order valence-corrected chi connectivity index (χ4v) is 3.65. The normalized spacial score (nSPS) is 29.5. The maximum absolute atomic E-state index is 12.5. The number of carbonyl (C=O) groups is 1. The maximum atomic E-state index is 12.5. The van der Waals surface area contributed by atoms with E-state index in [2.05, 4.69) is 24.1 Å². The largest absolute Gasteiger partial charge is 0.342 e. The van der Waals surface area contributed by atoms with E-state index < -0.39 is 0 Å². The van der Waals surface area contributed by atoms with E-state index in [4.69, 9.17) is 0 Å². The van der Waals surface area contributed by atoms with E-state index in [0.717, 1.165) is 38.4 Å². The summed E-state index contributed by atoms with van der Waals surface area (Å²) >= 11 is 0. The van der Waals surface area contributed by atoms with E-state index >= 15 is 0 Å². The molecule has 2 aliphatic rings. The minimum absolute atomic E-state index is 0.313. The zero-order chi connectivity index (χ0) is 13.7. The van der Waals surface area contributed by atoms with Gasteiger partial charge in [0.25, 0.3) is 0 Å². The van der Waals surface area contributed by atoms with E-state index in [-0.39, 0.29) is 0 Å². The van der Waals surface area contributed by atoms with Crippen LogP contribution in [0.4, 0.5) is 0 Å². The Balaban J connectivity index is 1.75. The molecule has 0 bridgehead atoms. The van der Waals surface area contributed by atoms with Gasteiger partial charge in [0.1, 0.15) is 0 Å². The van der Waals surface area contributed by atoms with Crippen LogP contribution in [0.1, 0.15) is 58.8 Å². The first kappa shape index (κ1) is 14.8. The van der Waals surface area contributed by atoms with Crippen molar-refractivity contribution < 1.29 is 4.79 Å². The van der Waals surface area contributed by atoms with E-state index in [1.807, 2.05) is 0 Å². The first-order valence-electron chi connectivity index (χ1n) is 8.26. The molecule has 1 aliphatic carbocycles. The first-order chi connectivity index (χ1) is 9.24. The quantitative estimate of drug-likeness (QED) is 0.848. The highest BCUT2D eigenvalue weighted by Gasteiger charge is 2.30. The Morgan fingerprint density at radius 1 is 1.05 bits per heavy atom. The molecule has 1 amide bonds. The highest BCUT2D eigenvalue weighted by atomic mass is 16.2. The molecule has 1 saturated carbocycles. The average Bonchev–Trinajstić information content (AvgIpc) is 2.48. The molecule has 1 aliphatic heterocycles. The molecule has 1 heterocycles. The standard InChI is InChI=1S/C16H30N2O/c1-3-13-9-11-18(12-10-13)16(19)14-5-7-15(8-6-14)17-4-2/h13-15,17H,3-12H2,1-2H3. The van der Waals surface area contributed by atoms with Crippen molar-refractivity contribution >= 4 is 5.91 Å². The van der Waals surface area contributed by atoms with Gasteiger partial charge in [-0.3, -0.25) is 4.79 Å². The molecule has 1 saturated heterocycles. The van der Waals surface area contributed by atoms with E-state index in [1.54, 1.807) is 0 Å². The Kier molecular flexibility index (Phi) is 5.68. The summed E-state index contributed by atoms with van der Waals surface area (Å²) in [6.07, 6.45) is 8.24. The number of carbonyl (C=O) groups excluding carboxylic acids is 1. The van der Waals surface area contributed by atoms with E-state index in [0.29, 0.717) is 17.9 Å². The van der Waals surface area contributed by atoms with Gasteiger partial charge in [-0.25, -0.2) is 0 Å². The first-order valence-corrected chi connectivity index (χ1v) is 8.26. The van der Waals surface area contributed by atoms with Gasteiger partial charge in [0.05, 0.1) is 0 Å². The van der Waals surface area contributed by atoms with Gasteiger partial charge in [0, 0.05) is 25.0 Å². The van der Waals surface area contributed by atoms with Crippen LogP contribution in [0.3, 0.4) is 0 Å². The number of rotatable bonds is 4. The summed E-state index contributed by atoms with van der Waals surface area (Å²) in [5.41, 5.74) is 0. The summed E-state index contributed by atoms with van der Waals surface area (Å²) in [7, 11) is 0. The molecule has 19 heavy (non-hydrogen) atoms. The van der Waals surface area contributed by atoms with Gasteiger partial charge < -0.3 is 10.2 Å². The van der Waals surface area contributed by atoms with Crippen molar-refractivity contribution in [3.05, 3.63) is 0 Å².